The summed E-state index contributed by atoms with van der Waals surface area (Å²) in [7, 11) is 0. The highest BCUT2D eigenvalue weighted by Gasteiger charge is 2.51. The first kappa shape index (κ1) is 15.5. The normalized spacial score (nSPS) is 10.3. The van der Waals surface area contributed by atoms with Gasteiger partial charge in [0.15, 0.2) is 0 Å². The van der Waals surface area contributed by atoms with Gasteiger partial charge in [0.1, 0.15) is 5.69 Å². The van der Waals surface area contributed by atoms with E-state index < -0.39 is 42.7 Å². The summed E-state index contributed by atoms with van der Waals surface area (Å²) in [5.41, 5.74) is -3.28. The Morgan fingerprint density at radius 1 is 0.652 bits per heavy atom. The van der Waals surface area contributed by atoms with Crippen LogP contribution < -0.4 is 0 Å². The third kappa shape index (κ3) is 2.41. The molecule has 0 aliphatic heterocycles. The van der Waals surface area contributed by atoms with Crippen LogP contribution in [0.3, 0.4) is 0 Å². The third-order valence-electron chi connectivity index (χ3n) is 2.80. The van der Waals surface area contributed by atoms with E-state index in [4.69, 9.17) is 0 Å². The molecule has 0 bridgehead atoms. The highest BCUT2D eigenvalue weighted by Crippen LogP contribution is 2.47. The number of nitro groups is 4. The summed E-state index contributed by atoms with van der Waals surface area (Å²) in [5, 5.41) is 44.4. The fraction of sp³-hybridized carbons (Fsp3) is 0. The summed E-state index contributed by atoms with van der Waals surface area (Å²) < 4.78 is 0.274. The molecule has 0 aliphatic carbocycles. The van der Waals surface area contributed by atoms with Crippen LogP contribution in [0.5, 0.6) is 0 Å². The number of para-hydroxylation sites is 1. The van der Waals surface area contributed by atoms with Gasteiger partial charge in [-0.1, -0.05) is 18.2 Å². The molecule has 0 saturated carbocycles. The second kappa shape index (κ2) is 5.47. The van der Waals surface area contributed by atoms with Crippen LogP contribution in [0.4, 0.5) is 23.0 Å². The second-order valence-corrected chi connectivity index (χ2v) is 4.04. The van der Waals surface area contributed by atoms with E-state index in [1.807, 2.05) is 0 Å². The molecule has 0 saturated heterocycles. The van der Waals surface area contributed by atoms with Crippen LogP contribution in [-0.2, 0) is 0 Å². The number of benzene rings is 1. The van der Waals surface area contributed by atoms with Crippen LogP contribution in [0, 0.1) is 40.5 Å². The van der Waals surface area contributed by atoms with Gasteiger partial charge in [-0.05, 0) is 22.0 Å². The molecule has 0 unspecified atom stereocenters. The van der Waals surface area contributed by atoms with Gasteiger partial charge in [-0.15, -0.1) is 4.57 Å². The average molecular weight is 323 g/mol. The fourth-order valence-corrected chi connectivity index (χ4v) is 2.02. The summed E-state index contributed by atoms with van der Waals surface area (Å²) in [6, 6.07) is 6.59. The second-order valence-electron chi connectivity index (χ2n) is 4.04. The summed E-state index contributed by atoms with van der Waals surface area (Å²) in [6.45, 7) is 0. The van der Waals surface area contributed by atoms with Gasteiger partial charge in [0.05, 0.1) is 9.85 Å². The Hall–Kier alpha value is -3.90. The summed E-state index contributed by atoms with van der Waals surface area (Å²) in [4.78, 5) is 39.1. The fourth-order valence-electron chi connectivity index (χ4n) is 2.02. The molecule has 2 aromatic rings. The lowest BCUT2D eigenvalue weighted by Crippen LogP contribution is -2.05. The van der Waals surface area contributed by atoms with Crippen molar-refractivity contribution in [2.24, 2.45) is 0 Å². The molecule has 0 N–H and O–H groups in total. The molecule has 0 spiro atoms. The molecule has 1 aromatic heterocycles. The molecule has 118 valence electrons. The quantitative estimate of drug-likeness (QED) is 0.592. The zero-order valence-corrected chi connectivity index (χ0v) is 10.9. The Morgan fingerprint density at radius 3 is 1.35 bits per heavy atom. The molecule has 0 amide bonds. The maximum Gasteiger partial charge on any atom is 0.447 e. The van der Waals surface area contributed by atoms with Gasteiger partial charge in [-0.25, -0.2) is 0 Å². The highest BCUT2D eigenvalue weighted by atomic mass is 16.7. The SMILES string of the molecule is O=[N+]([O-])c1c([N+](=O)[O-])c([N+](=O)[O-])n(-c2ccccc2)c1[N+](=O)[O-]. The number of hydrogen-bond acceptors (Lipinski definition) is 8. The van der Waals surface area contributed by atoms with Crippen LogP contribution in [0.1, 0.15) is 0 Å². The summed E-state index contributed by atoms with van der Waals surface area (Å²) in [6.07, 6.45) is 0. The van der Waals surface area contributed by atoms with Crippen LogP contribution in [-0.4, -0.2) is 24.3 Å². The molecule has 1 heterocycles. The minimum atomic E-state index is -1.55. The molecule has 0 aliphatic rings. The molecule has 0 atom stereocenters. The Kier molecular flexibility index (Phi) is 3.68. The first-order valence-corrected chi connectivity index (χ1v) is 5.69. The largest absolute Gasteiger partial charge is 0.447 e. The average Bonchev–Trinajstić information content (AvgIpc) is 2.84. The van der Waals surface area contributed by atoms with Crippen LogP contribution in [0.15, 0.2) is 30.3 Å². The van der Waals surface area contributed by atoms with Crippen LogP contribution in [0.2, 0.25) is 0 Å². The highest BCUT2D eigenvalue weighted by molar-refractivity contribution is 5.76. The molecule has 13 heteroatoms. The lowest BCUT2D eigenvalue weighted by atomic mass is 10.3. The number of nitrogens with zero attached hydrogens (tertiary/aromatic N) is 5. The van der Waals surface area contributed by atoms with E-state index in [1.54, 1.807) is 0 Å². The predicted molar refractivity (Wildman–Crippen MR) is 72.4 cm³/mol. The van der Waals surface area contributed by atoms with Crippen molar-refractivity contribution in [3.8, 4) is 5.69 Å². The van der Waals surface area contributed by atoms with E-state index in [0.717, 1.165) is 0 Å². The van der Waals surface area contributed by atoms with Crippen molar-refractivity contribution in [1.82, 2.24) is 4.57 Å². The maximum atomic E-state index is 11.2. The molecule has 1 aromatic carbocycles. The Labute approximate surface area is 125 Å². The smallest absolute Gasteiger partial charge is 0.358 e. The molecule has 23 heavy (non-hydrogen) atoms. The Morgan fingerprint density at radius 2 is 1.04 bits per heavy atom. The number of rotatable bonds is 5. The van der Waals surface area contributed by atoms with E-state index in [0.29, 0.717) is 0 Å². The molecular formula is C10H5N5O8. The monoisotopic (exact) mass is 323 g/mol. The van der Waals surface area contributed by atoms with Gasteiger partial charge in [0.2, 0.25) is 0 Å². The lowest BCUT2D eigenvalue weighted by molar-refractivity contribution is -0.446. The van der Waals surface area contributed by atoms with Crippen LogP contribution in [0.25, 0.3) is 5.69 Å². The predicted octanol–water partition coefficient (Wildman–Crippen LogP) is 2.11. The maximum absolute atomic E-state index is 11.2. The van der Waals surface area contributed by atoms with E-state index in [2.05, 4.69) is 0 Å². The summed E-state index contributed by atoms with van der Waals surface area (Å²) in [5.74, 6) is -2.72. The first-order valence-electron chi connectivity index (χ1n) is 5.69. The van der Waals surface area contributed by atoms with Crippen LogP contribution >= 0.6 is 0 Å². The van der Waals surface area contributed by atoms with Gasteiger partial charge in [0.25, 0.3) is 0 Å². The number of aromatic nitrogens is 1. The van der Waals surface area contributed by atoms with Gasteiger partial charge in [-0.2, -0.15) is 0 Å². The van der Waals surface area contributed by atoms with E-state index in [9.17, 15) is 40.5 Å². The zero-order chi connectivity index (χ0) is 17.3. The first-order chi connectivity index (χ1) is 10.8. The van der Waals surface area contributed by atoms with E-state index in [1.165, 1.54) is 30.3 Å². The van der Waals surface area contributed by atoms with Crippen molar-refractivity contribution in [3.63, 3.8) is 0 Å². The van der Waals surface area contributed by atoms with Crippen molar-refractivity contribution in [3.05, 3.63) is 70.8 Å². The van der Waals surface area contributed by atoms with Gasteiger partial charge >= 0.3 is 23.0 Å². The van der Waals surface area contributed by atoms with Crippen molar-refractivity contribution in [2.75, 3.05) is 0 Å². The summed E-state index contributed by atoms with van der Waals surface area (Å²) >= 11 is 0. The van der Waals surface area contributed by atoms with Gasteiger partial charge < -0.3 is 20.2 Å². The Balaban J connectivity index is 3.08. The van der Waals surface area contributed by atoms with Crippen molar-refractivity contribution in [2.45, 2.75) is 0 Å². The standard InChI is InChI=1S/C10H5N5O8/c16-12(17)7-8(13(18)19)10(15(22)23)11(9(7)14(20)21)6-4-2-1-3-5-6/h1-5H. The molecule has 13 nitrogen and oxygen atoms in total. The van der Waals surface area contributed by atoms with Crippen molar-refractivity contribution < 1.29 is 19.7 Å². The molecule has 0 radical (unpaired) electrons. The Bertz CT molecular complexity index is 793. The van der Waals surface area contributed by atoms with E-state index in [-0.39, 0.29) is 10.3 Å². The van der Waals surface area contributed by atoms with Gasteiger partial charge in [0, 0.05) is 0 Å². The van der Waals surface area contributed by atoms with E-state index >= 15 is 0 Å². The minimum Gasteiger partial charge on any atom is -0.358 e. The molecule has 2 rings (SSSR count). The number of hydrogen-bond donors (Lipinski definition) is 0. The molecule has 0 fully saturated rings. The lowest BCUT2D eigenvalue weighted by Gasteiger charge is -2.01. The third-order valence-corrected chi connectivity index (χ3v) is 2.80. The molecular weight excluding hydrogens is 318 g/mol. The topological polar surface area (TPSA) is 177 Å². The minimum absolute atomic E-state index is 0.192. The van der Waals surface area contributed by atoms with Crippen molar-refractivity contribution in [1.29, 1.82) is 0 Å². The zero-order valence-electron chi connectivity index (χ0n) is 10.9. The van der Waals surface area contributed by atoms with Gasteiger partial charge in [-0.3, -0.25) is 20.2 Å². The van der Waals surface area contributed by atoms with Crippen molar-refractivity contribution >= 4 is 23.0 Å².